The van der Waals surface area contributed by atoms with Gasteiger partial charge in [-0.15, -0.1) is 0 Å². The van der Waals surface area contributed by atoms with Gasteiger partial charge >= 0.3 is 0 Å². The van der Waals surface area contributed by atoms with Crippen molar-refractivity contribution in [2.45, 2.75) is 32.1 Å². The zero-order valence-corrected chi connectivity index (χ0v) is 10.7. The minimum absolute atomic E-state index is 0.0806. The van der Waals surface area contributed by atoms with E-state index in [-0.39, 0.29) is 30.7 Å². The van der Waals surface area contributed by atoms with Crippen molar-refractivity contribution in [2.75, 3.05) is 13.1 Å². The molecule has 2 amide bonds. The summed E-state index contributed by atoms with van der Waals surface area (Å²) in [5, 5.41) is 5.79. The molecule has 1 aliphatic carbocycles. The lowest BCUT2D eigenvalue weighted by Crippen LogP contribution is -2.33. The molecular formula is C12H19ClN2O2. The summed E-state index contributed by atoms with van der Waals surface area (Å²) < 4.78 is 0. The van der Waals surface area contributed by atoms with E-state index in [2.05, 4.69) is 17.2 Å². The number of carbonyl (C=O) groups excluding carboxylic acids is 2. The van der Waals surface area contributed by atoms with Gasteiger partial charge < -0.3 is 10.6 Å². The molecule has 1 saturated carbocycles. The van der Waals surface area contributed by atoms with Crippen molar-refractivity contribution in [3.8, 4) is 0 Å². The number of hydrogen-bond donors (Lipinski definition) is 2. The lowest BCUT2D eigenvalue weighted by molar-refractivity contribution is -0.125. The molecule has 1 fully saturated rings. The molecule has 4 nitrogen and oxygen atoms in total. The maximum atomic E-state index is 11.6. The third-order valence-corrected chi connectivity index (χ3v) is 2.99. The van der Waals surface area contributed by atoms with Crippen molar-refractivity contribution < 1.29 is 9.59 Å². The third-order valence-electron chi connectivity index (χ3n) is 2.85. The van der Waals surface area contributed by atoms with E-state index in [0.29, 0.717) is 11.6 Å². The summed E-state index contributed by atoms with van der Waals surface area (Å²) >= 11 is 5.51. The normalized spacial score (nSPS) is 15.6. The minimum Gasteiger partial charge on any atom is -0.355 e. The van der Waals surface area contributed by atoms with Gasteiger partial charge in [-0.25, -0.2) is 0 Å². The Labute approximate surface area is 107 Å². The quantitative estimate of drug-likeness (QED) is 0.760. The van der Waals surface area contributed by atoms with Crippen LogP contribution in [0, 0.1) is 5.92 Å². The van der Waals surface area contributed by atoms with Crippen LogP contribution < -0.4 is 10.6 Å². The van der Waals surface area contributed by atoms with Gasteiger partial charge in [0.2, 0.25) is 11.8 Å². The molecule has 5 heteroatoms. The Bertz CT molecular complexity index is 299. The number of carbonyl (C=O) groups is 2. The summed E-state index contributed by atoms with van der Waals surface area (Å²) in [4.78, 5) is 22.9. The SMILES string of the molecule is C=C(Cl)CNC(=O)CCNC(=O)C1CCCC1. The summed E-state index contributed by atoms with van der Waals surface area (Å²) in [5.74, 6) is 0.108. The molecule has 0 heterocycles. The Kier molecular flexibility index (Phi) is 6.05. The maximum absolute atomic E-state index is 11.6. The van der Waals surface area contributed by atoms with Crippen molar-refractivity contribution >= 4 is 23.4 Å². The number of halogens is 1. The number of amides is 2. The first-order chi connectivity index (χ1) is 8.09. The van der Waals surface area contributed by atoms with E-state index >= 15 is 0 Å². The van der Waals surface area contributed by atoms with E-state index in [0.717, 1.165) is 25.7 Å². The molecule has 0 atom stereocenters. The Hall–Kier alpha value is -1.03. The highest BCUT2D eigenvalue weighted by molar-refractivity contribution is 6.29. The van der Waals surface area contributed by atoms with Crippen molar-refractivity contribution in [1.82, 2.24) is 10.6 Å². The van der Waals surface area contributed by atoms with Crippen LogP contribution >= 0.6 is 11.6 Å². The minimum atomic E-state index is -0.126. The monoisotopic (exact) mass is 258 g/mol. The number of nitrogens with one attached hydrogen (secondary N) is 2. The van der Waals surface area contributed by atoms with Gasteiger partial charge in [0.25, 0.3) is 0 Å². The largest absolute Gasteiger partial charge is 0.355 e. The molecule has 0 saturated heterocycles. The highest BCUT2D eigenvalue weighted by Crippen LogP contribution is 2.24. The zero-order valence-electron chi connectivity index (χ0n) is 9.93. The first kappa shape index (κ1) is 14.0. The van der Waals surface area contributed by atoms with Gasteiger partial charge in [-0.05, 0) is 12.8 Å². The lowest BCUT2D eigenvalue weighted by Gasteiger charge is -2.10. The van der Waals surface area contributed by atoms with Crippen LogP contribution in [0.1, 0.15) is 32.1 Å². The second kappa shape index (κ2) is 7.33. The van der Waals surface area contributed by atoms with E-state index in [9.17, 15) is 9.59 Å². The second-order valence-corrected chi connectivity index (χ2v) is 4.85. The Balaban J connectivity index is 2.08. The van der Waals surface area contributed by atoms with Gasteiger partial charge in [0.15, 0.2) is 0 Å². The van der Waals surface area contributed by atoms with Gasteiger partial charge in [-0.2, -0.15) is 0 Å². The van der Waals surface area contributed by atoms with Crippen molar-refractivity contribution in [1.29, 1.82) is 0 Å². The Morgan fingerprint density at radius 2 is 1.88 bits per heavy atom. The van der Waals surface area contributed by atoms with Crippen molar-refractivity contribution in [3.05, 3.63) is 11.6 Å². The highest BCUT2D eigenvalue weighted by Gasteiger charge is 2.22. The van der Waals surface area contributed by atoms with E-state index in [1.807, 2.05) is 0 Å². The average Bonchev–Trinajstić information content (AvgIpc) is 2.79. The summed E-state index contributed by atoms with van der Waals surface area (Å²) in [7, 11) is 0. The van der Waals surface area contributed by atoms with Crippen LogP contribution in [0.5, 0.6) is 0 Å². The third kappa shape index (κ3) is 5.73. The standard InChI is InChI=1S/C12H19ClN2O2/c1-9(13)8-15-11(16)6-7-14-12(17)10-4-2-3-5-10/h10H,1-8H2,(H,14,17)(H,15,16). The van der Waals surface area contributed by atoms with Crippen LogP contribution in [0.2, 0.25) is 0 Å². The number of hydrogen-bond acceptors (Lipinski definition) is 2. The molecule has 0 spiro atoms. The van der Waals surface area contributed by atoms with Crippen LogP contribution in [0.25, 0.3) is 0 Å². The molecule has 0 bridgehead atoms. The molecule has 0 radical (unpaired) electrons. The van der Waals surface area contributed by atoms with Crippen LogP contribution in [-0.4, -0.2) is 24.9 Å². The lowest BCUT2D eigenvalue weighted by atomic mass is 10.1. The summed E-state index contributed by atoms with van der Waals surface area (Å²) in [6, 6.07) is 0. The predicted octanol–water partition coefficient (Wildman–Crippen LogP) is 1.55. The molecule has 0 aromatic carbocycles. The van der Waals surface area contributed by atoms with Gasteiger partial charge in [-0.3, -0.25) is 9.59 Å². The Morgan fingerprint density at radius 1 is 1.24 bits per heavy atom. The van der Waals surface area contributed by atoms with Gasteiger partial charge in [0.1, 0.15) is 0 Å². The summed E-state index contributed by atoms with van der Waals surface area (Å²) in [5.41, 5.74) is 0. The zero-order chi connectivity index (χ0) is 12.7. The second-order valence-electron chi connectivity index (χ2n) is 4.32. The first-order valence-electron chi connectivity index (χ1n) is 5.97. The molecule has 0 aromatic heterocycles. The van der Waals surface area contributed by atoms with Crippen LogP contribution in [0.4, 0.5) is 0 Å². The molecule has 0 aromatic rings. The van der Waals surface area contributed by atoms with Crippen molar-refractivity contribution in [3.63, 3.8) is 0 Å². The molecule has 1 aliphatic rings. The fraction of sp³-hybridized carbons (Fsp3) is 0.667. The molecule has 2 N–H and O–H groups in total. The van der Waals surface area contributed by atoms with E-state index < -0.39 is 0 Å². The number of rotatable bonds is 6. The highest BCUT2D eigenvalue weighted by atomic mass is 35.5. The van der Waals surface area contributed by atoms with Crippen LogP contribution in [-0.2, 0) is 9.59 Å². The topological polar surface area (TPSA) is 58.2 Å². The van der Waals surface area contributed by atoms with Crippen LogP contribution in [0.3, 0.4) is 0 Å². The van der Waals surface area contributed by atoms with Gasteiger partial charge in [0, 0.05) is 23.9 Å². The van der Waals surface area contributed by atoms with E-state index in [1.54, 1.807) is 0 Å². The molecular weight excluding hydrogens is 240 g/mol. The van der Waals surface area contributed by atoms with Gasteiger partial charge in [-0.1, -0.05) is 31.0 Å². The smallest absolute Gasteiger partial charge is 0.223 e. The van der Waals surface area contributed by atoms with E-state index in [1.165, 1.54) is 0 Å². The fourth-order valence-corrected chi connectivity index (χ4v) is 1.98. The molecule has 1 rings (SSSR count). The molecule has 0 unspecified atom stereocenters. The van der Waals surface area contributed by atoms with Crippen LogP contribution in [0.15, 0.2) is 11.6 Å². The van der Waals surface area contributed by atoms with Gasteiger partial charge in [0.05, 0.1) is 6.54 Å². The fourth-order valence-electron chi connectivity index (χ4n) is 1.91. The maximum Gasteiger partial charge on any atom is 0.223 e. The predicted molar refractivity (Wildman–Crippen MR) is 67.6 cm³/mol. The molecule has 96 valence electrons. The summed E-state index contributed by atoms with van der Waals surface area (Å²) in [6.07, 6.45) is 4.50. The average molecular weight is 259 g/mol. The molecule has 0 aliphatic heterocycles. The summed E-state index contributed by atoms with van der Waals surface area (Å²) in [6.45, 7) is 4.13. The van der Waals surface area contributed by atoms with E-state index in [4.69, 9.17) is 11.6 Å². The first-order valence-corrected chi connectivity index (χ1v) is 6.35. The van der Waals surface area contributed by atoms with Crippen molar-refractivity contribution in [2.24, 2.45) is 5.92 Å². The molecule has 17 heavy (non-hydrogen) atoms. The Morgan fingerprint density at radius 3 is 2.47 bits per heavy atom.